The Balaban J connectivity index is 2.06. The Hall–Kier alpha value is -2.97. The van der Waals surface area contributed by atoms with Gasteiger partial charge in [-0.2, -0.15) is 0 Å². The van der Waals surface area contributed by atoms with Crippen LogP contribution in [-0.2, 0) is 4.74 Å². The van der Waals surface area contributed by atoms with Crippen LogP contribution in [0.4, 0.5) is 16.3 Å². The molecule has 1 aromatic heterocycles. The molecule has 2 rings (SSSR count). The molecule has 0 saturated heterocycles. The predicted octanol–water partition coefficient (Wildman–Crippen LogP) is 2.86. The van der Waals surface area contributed by atoms with Crippen molar-refractivity contribution < 1.29 is 14.5 Å². The van der Waals surface area contributed by atoms with Crippen molar-refractivity contribution in [3.8, 4) is 0 Å². The van der Waals surface area contributed by atoms with Gasteiger partial charge in [-0.05, 0) is 33.8 Å². The van der Waals surface area contributed by atoms with Crippen LogP contribution in [0.2, 0.25) is 0 Å². The number of benzene rings is 1. The molecule has 1 atom stereocenters. The summed E-state index contributed by atoms with van der Waals surface area (Å²) in [5.74, 6) is 0.464. The second-order valence-electron chi connectivity index (χ2n) is 6.61. The normalized spacial score (nSPS) is 12.5. The van der Waals surface area contributed by atoms with E-state index in [1.165, 1.54) is 18.5 Å². The first kappa shape index (κ1) is 18.4. The first-order chi connectivity index (χ1) is 11.7. The number of nitrogens with one attached hydrogen (secondary N) is 2. The van der Waals surface area contributed by atoms with Gasteiger partial charge in [0.25, 0.3) is 5.69 Å². The largest absolute Gasteiger partial charge is 0.444 e. The Labute approximate surface area is 144 Å². The number of non-ortho nitro benzene ring substituents is 1. The summed E-state index contributed by atoms with van der Waals surface area (Å²) in [6, 6.07) is 4.15. The number of amides is 1. The zero-order valence-corrected chi connectivity index (χ0v) is 14.6. The van der Waals surface area contributed by atoms with E-state index < -0.39 is 16.6 Å². The van der Waals surface area contributed by atoms with E-state index in [0.29, 0.717) is 23.3 Å². The van der Waals surface area contributed by atoms with Crippen molar-refractivity contribution >= 4 is 28.5 Å². The van der Waals surface area contributed by atoms with E-state index in [1.54, 1.807) is 26.8 Å². The van der Waals surface area contributed by atoms with Gasteiger partial charge in [0.2, 0.25) is 0 Å². The summed E-state index contributed by atoms with van der Waals surface area (Å²) in [6.07, 6.45) is 0.868. The molecule has 1 heterocycles. The maximum Gasteiger partial charge on any atom is 0.407 e. The fourth-order valence-corrected chi connectivity index (χ4v) is 2.11. The monoisotopic (exact) mass is 347 g/mol. The number of nitro groups is 1. The molecule has 9 heteroatoms. The Morgan fingerprint density at radius 2 is 2.08 bits per heavy atom. The predicted molar refractivity (Wildman–Crippen MR) is 93.5 cm³/mol. The van der Waals surface area contributed by atoms with Crippen LogP contribution in [0.1, 0.15) is 27.7 Å². The molecule has 2 aromatic rings. The molecule has 0 bridgehead atoms. The highest BCUT2D eigenvalue weighted by molar-refractivity contribution is 5.90. The number of carbonyl (C=O) groups excluding carboxylic acids is 1. The molecule has 134 valence electrons. The van der Waals surface area contributed by atoms with E-state index in [-0.39, 0.29) is 11.7 Å². The molecular weight excluding hydrogens is 326 g/mol. The van der Waals surface area contributed by atoms with Crippen LogP contribution in [0.25, 0.3) is 10.9 Å². The standard InChI is InChI=1S/C16H21N5O4/c1-10(20-15(22)25-16(2,3)4)8-17-14-12-7-11(21(23)24)5-6-13(12)18-9-19-14/h5-7,9-10H,8H2,1-4H3,(H,20,22)(H,17,18,19). The van der Waals surface area contributed by atoms with Gasteiger partial charge in [0.1, 0.15) is 17.7 Å². The number of ether oxygens (including phenoxy) is 1. The summed E-state index contributed by atoms with van der Waals surface area (Å²) in [5, 5.41) is 17.3. The molecule has 9 nitrogen and oxygen atoms in total. The van der Waals surface area contributed by atoms with Crippen LogP contribution in [0, 0.1) is 10.1 Å². The molecular formula is C16H21N5O4. The third kappa shape index (κ3) is 5.27. The van der Waals surface area contributed by atoms with Crippen LogP contribution < -0.4 is 10.6 Å². The van der Waals surface area contributed by atoms with E-state index in [9.17, 15) is 14.9 Å². The number of aromatic nitrogens is 2. The lowest BCUT2D eigenvalue weighted by molar-refractivity contribution is -0.384. The van der Waals surface area contributed by atoms with Gasteiger partial charge in [-0.3, -0.25) is 10.1 Å². The van der Waals surface area contributed by atoms with E-state index in [0.717, 1.165) is 0 Å². The Morgan fingerprint density at radius 1 is 1.36 bits per heavy atom. The second kappa shape index (κ2) is 7.29. The summed E-state index contributed by atoms with van der Waals surface area (Å²) in [7, 11) is 0. The molecule has 25 heavy (non-hydrogen) atoms. The molecule has 0 aliphatic heterocycles. The first-order valence-corrected chi connectivity index (χ1v) is 7.78. The zero-order valence-electron chi connectivity index (χ0n) is 14.6. The van der Waals surface area contributed by atoms with Crippen molar-refractivity contribution in [3.63, 3.8) is 0 Å². The first-order valence-electron chi connectivity index (χ1n) is 7.78. The SMILES string of the molecule is CC(CNc1ncnc2ccc([N+](=O)[O-])cc12)NC(=O)OC(C)(C)C. The van der Waals surface area contributed by atoms with Crippen LogP contribution >= 0.6 is 0 Å². The molecule has 0 saturated carbocycles. The average molecular weight is 347 g/mol. The number of fused-ring (bicyclic) bond motifs is 1. The molecule has 0 aliphatic carbocycles. The van der Waals surface area contributed by atoms with Gasteiger partial charge >= 0.3 is 6.09 Å². The lowest BCUT2D eigenvalue weighted by Crippen LogP contribution is -2.40. The van der Waals surface area contributed by atoms with Crippen LogP contribution in [-0.4, -0.2) is 39.2 Å². The van der Waals surface area contributed by atoms with Gasteiger partial charge in [-0.15, -0.1) is 0 Å². The summed E-state index contributed by atoms with van der Waals surface area (Å²) >= 11 is 0. The molecule has 1 aromatic carbocycles. The van der Waals surface area contributed by atoms with E-state index in [2.05, 4.69) is 20.6 Å². The fraction of sp³-hybridized carbons (Fsp3) is 0.438. The quantitative estimate of drug-likeness (QED) is 0.630. The number of hydrogen-bond donors (Lipinski definition) is 2. The minimum Gasteiger partial charge on any atom is -0.444 e. The smallest absolute Gasteiger partial charge is 0.407 e. The highest BCUT2D eigenvalue weighted by Crippen LogP contribution is 2.24. The van der Waals surface area contributed by atoms with E-state index in [4.69, 9.17) is 4.74 Å². The van der Waals surface area contributed by atoms with Crippen molar-refractivity contribution in [2.75, 3.05) is 11.9 Å². The summed E-state index contributed by atoms with van der Waals surface area (Å²) < 4.78 is 5.19. The highest BCUT2D eigenvalue weighted by Gasteiger charge is 2.18. The van der Waals surface area contributed by atoms with Crippen molar-refractivity contribution in [3.05, 3.63) is 34.6 Å². The third-order valence-corrected chi connectivity index (χ3v) is 3.17. The van der Waals surface area contributed by atoms with Crippen LogP contribution in [0.3, 0.4) is 0 Å². The lowest BCUT2D eigenvalue weighted by atomic mass is 10.2. The fourth-order valence-electron chi connectivity index (χ4n) is 2.11. The van der Waals surface area contributed by atoms with Gasteiger partial charge in [-0.1, -0.05) is 0 Å². The number of nitrogens with zero attached hydrogens (tertiary/aromatic N) is 3. The molecule has 1 unspecified atom stereocenters. The Bertz CT molecular complexity index is 788. The number of carbonyl (C=O) groups is 1. The van der Waals surface area contributed by atoms with Gasteiger partial charge in [0.15, 0.2) is 0 Å². The maximum atomic E-state index is 11.8. The summed E-state index contributed by atoms with van der Waals surface area (Å²) in [4.78, 5) is 30.4. The van der Waals surface area contributed by atoms with Crippen molar-refractivity contribution in [2.24, 2.45) is 0 Å². The summed E-state index contributed by atoms with van der Waals surface area (Å²) in [5.41, 5.74) is -0.0138. The Kier molecular flexibility index (Phi) is 5.35. The topological polar surface area (TPSA) is 119 Å². The highest BCUT2D eigenvalue weighted by atomic mass is 16.6. The van der Waals surface area contributed by atoms with Crippen LogP contribution in [0.15, 0.2) is 24.5 Å². The van der Waals surface area contributed by atoms with E-state index >= 15 is 0 Å². The van der Waals surface area contributed by atoms with Crippen molar-refractivity contribution in [2.45, 2.75) is 39.3 Å². The zero-order chi connectivity index (χ0) is 18.6. The number of nitro benzene ring substituents is 1. The minimum absolute atomic E-state index is 0.0368. The van der Waals surface area contributed by atoms with E-state index in [1.807, 2.05) is 6.92 Å². The molecule has 0 fully saturated rings. The number of hydrogen-bond acceptors (Lipinski definition) is 7. The molecule has 0 aliphatic rings. The minimum atomic E-state index is -0.570. The second-order valence-corrected chi connectivity index (χ2v) is 6.61. The molecule has 2 N–H and O–H groups in total. The van der Waals surface area contributed by atoms with Gasteiger partial charge in [0, 0.05) is 30.1 Å². The van der Waals surface area contributed by atoms with Crippen molar-refractivity contribution in [1.82, 2.24) is 15.3 Å². The number of alkyl carbamates (subject to hydrolysis) is 1. The molecule has 1 amide bonds. The van der Waals surface area contributed by atoms with Crippen molar-refractivity contribution in [1.29, 1.82) is 0 Å². The number of anilines is 1. The van der Waals surface area contributed by atoms with Gasteiger partial charge in [-0.25, -0.2) is 14.8 Å². The number of rotatable bonds is 5. The molecule has 0 spiro atoms. The lowest BCUT2D eigenvalue weighted by Gasteiger charge is -2.22. The van der Waals surface area contributed by atoms with Gasteiger partial charge < -0.3 is 15.4 Å². The van der Waals surface area contributed by atoms with Crippen LogP contribution in [0.5, 0.6) is 0 Å². The molecule has 0 radical (unpaired) electrons. The average Bonchev–Trinajstić information content (AvgIpc) is 2.50. The summed E-state index contributed by atoms with van der Waals surface area (Å²) in [6.45, 7) is 7.54. The Morgan fingerprint density at radius 3 is 2.72 bits per heavy atom. The third-order valence-electron chi connectivity index (χ3n) is 3.17. The van der Waals surface area contributed by atoms with Gasteiger partial charge in [0.05, 0.1) is 10.4 Å². The maximum absolute atomic E-state index is 11.8.